The number of piperidine rings is 1. The number of hydrogen-bond donors (Lipinski definition) is 1. The second kappa shape index (κ2) is 9.49. The molecule has 0 radical (unpaired) electrons. The SMILES string of the molecule is O=C(COc1ccc(F)cc1)NCCC1CCCCN1S(=O)(=O)c1cccs1. The van der Waals surface area contributed by atoms with E-state index in [1.165, 1.54) is 35.6 Å². The molecule has 1 fully saturated rings. The minimum atomic E-state index is -3.48. The summed E-state index contributed by atoms with van der Waals surface area (Å²) >= 11 is 1.22. The van der Waals surface area contributed by atoms with Gasteiger partial charge in [0.05, 0.1) is 0 Å². The van der Waals surface area contributed by atoms with Gasteiger partial charge in [-0.15, -0.1) is 11.3 Å². The fourth-order valence-corrected chi connectivity index (χ4v) is 6.06. The zero-order valence-electron chi connectivity index (χ0n) is 15.3. The monoisotopic (exact) mass is 426 g/mol. The number of benzene rings is 1. The smallest absolute Gasteiger partial charge is 0.257 e. The fraction of sp³-hybridized carbons (Fsp3) is 0.421. The number of halogens is 1. The van der Waals surface area contributed by atoms with Gasteiger partial charge in [-0.3, -0.25) is 4.79 Å². The Labute approximate surface area is 168 Å². The van der Waals surface area contributed by atoms with Crippen LogP contribution in [0.2, 0.25) is 0 Å². The third kappa shape index (κ3) is 5.30. The molecular weight excluding hydrogens is 403 g/mol. The number of nitrogens with one attached hydrogen (secondary N) is 1. The van der Waals surface area contributed by atoms with Crippen molar-refractivity contribution in [3.63, 3.8) is 0 Å². The maximum absolute atomic E-state index is 12.9. The van der Waals surface area contributed by atoms with Crippen LogP contribution in [0.3, 0.4) is 0 Å². The van der Waals surface area contributed by atoms with Crippen molar-refractivity contribution in [3.05, 3.63) is 47.6 Å². The van der Waals surface area contributed by atoms with E-state index in [-0.39, 0.29) is 24.4 Å². The molecule has 0 spiro atoms. The Hall–Kier alpha value is -1.97. The first-order valence-corrected chi connectivity index (χ1v) is 11.5. The van der Waals surface area contributed by atoms with Gasteiger partial charge in [-0.25, -0.2) is 12.8 Å². The van der Waals surface area contributed by atoms with E-state index in [4.69, 9.17) is 4.74 Å². The summed E-state index contributed by atoms with van der Waals surface area (Å²) in [4.78, 5) is 11.9. The summed E-state index contributed by atoms with van der Waals surface area (Å²) in [6, 6.07) is 8.67. The molecule has 3 rings (SSSR count). The van der Waals surface area contributed by atoms with Crippen LogP contribution in [0.1, 0.15) is 25.7 Å². The van der Waals surface area contributed by atoms with Gasteiger partial charge in [0.25, 0.3) is 15.9 Å². The van der Waals surface area contributed by atoms with Crippen LogP contribution in [0.4, 0.5) is 4.39 Å². The predicted molar refractivity (Wildman–Crippen MR) is 105 cm³/mol. The second-order valence-electron chi connectivity index (χ2n) is 6.58. The molecule has 1 unspecified atom stereocenters. The average molecular weight is 427 g/mol. The quantitative estimate of drug-likeness (QED) is 0.704. The predicted octanol–water partition coefficient (Wildman–Crippen LogP) is 3.02. The number of nitrogens with zero attached hydrogens (tertiary/aromatic N) is 1. The van der Waals surface area contributed by atoms with Crippen LogP contribution in [0, 0.1) is 5.82 Å². The average Bonchev–Trinajstić information content (AvgIpc) is 3.24. The van der Waals surface area contributed by atoms with Crippen LogP contribution in [-0.4, -0.2) is 44.4 Å². The Morgan fingerprint density at radius 1 is 1.25 bits per heavy atom. The van der Waals surface area contributed by atoms with E-state index in [1.807, 2.05) is 0 Å². The van der Waals surface area contributed by atoms with Crippen molar-refractivity contribution in [1.82, 2.24) is 9.62 Å². The van der Waals surface area contributed by atoms with Gasteiger partial charge in [-0.05, 0) is 55.0 Å². The highest BCUT2D eigenvalue weighted by molar-refractivity contribution is 7.91. The zero-order chi connectivity index (χ0) is 20.0. The van der Waals surface area contributed by atoms with Crippen LogP contribution >= 0.6 is 11.3 Å². The standard InChI is InChI=1S/C19H23FN2O4S2/c20-15-6-8-17(9-7-15)26-14-18(23)21-11-10-16-4-1-2-12-22(16)28(24,25)19-5-3-13-27-19/h3,5-9,13,16H,1-2,4,10-12,14H2,(H,21,23). The first-order valence-electron chi connectivity index (χ1n) is 9.17. The van der Waals surface area contributed by atoms with Crippen LogP contribution in [-0.2, 0) is 14.8 Å². The summed E-state index contributed by atoms with van der Waals surface area (Å²) in [5.41, 5.74) is 0. The van der Waals surface area contributed by atoms with Crippen LogP contribution < -0.4 is 10.1 Å². The molecule has 1 aromatic carbocycles. The largest absolute Gasteiger partial charge is 0.484 e. The maximum atomic E-state index is 12.9. The van der Waals surface area contributed by atoms with E-state index in [0.717, 1.165) is 19.3 Å². The van der Waals surface area contributed by atoms with E-state index >= 15 is 0 Å². The van der Waals surface area contributed by atoms with E-state index in [2.05, 4.69) is 5.32 Å². The lowest BCUT2D eigenvalue weighted by molar-refractivity contribution is -0.123. The number of ether oxygens (including phenoxy) is 1. The van der Waals surface area contributed by atoms with Crippen LogP contribution in [0.5, 0.6) is 5.75 Å². The van der Waals surface area contributed by atoms with Gasteiger partial charge in [0.15, 0.2) is 6.61 Å². The molecule has 1 saturated heterocycles. The fourth-order valence-electron chi connectivity index (χ4n) is 3.21. The summed E-state index contributed by atoms with van der Waals surface area (Å²) in [6.07, 6.45) is 3.15. The number of amides is 1. The molecule has 28 heavy (non-hydrogen) atoms. The van der Waals surface area contributed by atoms with Crippen molar-refractivity contribution in [2.45, 2.75) is 35.9 Å². The molecule has 1 N–H and O–H groups in total. The number of sulfonamides is 1. The van der Waals surface area contributed by atoms with E-state index in [9.17, 15) is 17.6 Å². The van der Waals surface area contributed by atoms with Crippen LogP contribution in [0.25, 0.3) is 0 Å². The molecule has 1 aliphatic heterocycles. The van der Waals surface area contributed by atoms with E-state index in [1.54, 1.807) is 21.8 Å². The van der Waals surface area contributed by atoms with Gasteiger partial charge < -0.3 is 10.1 Å². The molecule has 6 nitrogen and oxygen atoms in total. The molecule has 1 amide bonds. The topological polar surface area (TPSA) is 75.7 Å². The van der Waals surface area contributed by atoms with E-state index in [0.29, 0.717) is 29.5 Å². The normalized spacial score (nSPS) is 18.0. The molecule has 152 valence electrons. The van der Waals surface area contributed by atoms with Crippen molar-refractivity contribution in [2.75, 3.05) is 19.7 Å². The third-order valence-electron chi connectivity index (χ3n) is 4.61. The molecular formula is C19H23FN2O4S2. The van der Waals surface area contributed by atoms with Gasteiger partial charge in [-0.2, -0.15) is 4.31 Å². The number of hydrogen-bond acceptors (Lipinski definition) is 5. The van der Waals surface area contributed by atoms with E-state index < -0.39 is 10.0 Å². The van der Waals surface area contributed by atoms with Gasteiger partial charge in [0.2, 0.25) is 0 Å². The summed E-state index contributed by atoms with van der Waals surface area (Å²) in [7, 11) is -3.48. The third-order valence-corrected chi connectivity index (χ3v) is 7.94. The lowest BCUT2D eigenvalue weighted by Crippen LogP contribution is -2.45. The summed E-state index contributed by atoms with van der Waals surface area (Å²) < 4.78 is 45.8. The number of carbonyl (C=O) groups is 1. The Morgan fingerprint density at radius 2 is 2.04 bits per heavy atom. The zero-order valence-corrected chi connectivity index (χ0v) is 17.0. The van der Waals surface area contributed by atoms with Gasteiger partial charge in [-0.1, -0.05) is 12.5 Å². The van der Waals surface area contributed by atoms with Crippen molar-refractivity contribution in [3.8, 4) is 5.75 Å². The number of rotatable bonds is 8. The molecule has 2 heterocycles. The minimum absolute atomic E-state index is 0.126. The first kappa shape index (κ1) is 20.8. The molecule has 1 aliphatic rings. The molecule has 0 saturated carbocycles. The highest BCUT2D eigenvalue weighted by atomic mass is 32.2. The van der Waals surface area contributed by atoms with Gasteiger partial charge in [0, 0.05) is 19.1 Å². The summed E-state index contributed by atoms with van der Waals surface area (Å²) in [5.74, 6) is -0.254. The molecule has 1 aromatic heterocycles. The second-order valence-corrected chi connectivity index (χ2v) is 9.64. The lowest BCUT2D eigenvalue weighted by atomic mass is 10.0. The molecule has 0 aliphatic carbocycles. The first-order chi connectivity index (χ1) is 13.5. The Morgan fingerprint density at radius 3 is 2.75 bits per heavy atom. The minimum Gasteiger partial charge on any atom is -0.484 e. The molecule has 2 aromatic rings. The highest BCUT2D eigenvalue weighted by Crippen LogP contribution is 2.29. The Bertz CT molecular complexity index is 870. The van der Waals surface area contributed by atoms with Crippen molar-refractivity contribution in [2.24, 2.45) is 0 Å². The van der Waals surface area contributed by atoms with Crippen molar-refractivity contribution in [1.29, 1.82) is 0 Å². The van der Waals surface area contributed by atoms with Gasteiger partial charge in [0.1, 0.15) is 15.8 Å². The van der Waals surface area contributed by atoms with Crippen LogP contribution in [0.15, 0.2) is 46.0 Å². The van der Waals surface area contributed by atoms with Gasteiger partial charge >= 0.3 is 0 Å². The number of thiophene rings is 1. The molecule has 1 atom stereocenters. The lowest BCUT2D eigenvalue weighted by Gasteiger charge is -2.34. The molecule has 0 bridgehead atoms. The maximum Gasteiger partial charge on any atom is 0.257 e. The Kier molecular flexibility index (Phi) is 7.03. The van der Waals surface area contributed by atoms with Crippen molar-refractivity contribution >= 4 is 27.3 Å². The highest BCUT2D eigenvalue weighted by Gasteiger charge is 2.33. The number of carbonyl (C=O) groups excluding carboxylic acids is 1. The van der Waals surface area contributed by atoms with Crippen molar-refractivity contribution < 1.29 is 22.3 Å². The molecule has 9 heteroatoms. The Balaban J connectivity index is 1.48. The summed E-state index contributed by atoms with van der Waals surface area (Å²) in [5, 5.41) is 4.52. The summed E-state index contributed by atoms with van der Waals surface area (Å²) in [6.45, 7) is 0.701.